The van der Waals surface area contributed by atoms with Crippen LogP contribution >= 0.6 is 0 Å². The standard InChI is InChI=1S/C11H23NO3/c1-4-11(5-2,6-3)12-8-9(13)7-10(14)15/h9,12-13H,4-8H2,1-3H3,(H,14,15). The third kappa shape index (κ3) is 5.14. The molecule has 1 atom stereocenters. The molecule has 0 bridgehead atoms. The first kappa shape index (κ1) is 14.4. The van der Waals surface area contributed by atoms with Crippen molar-refractivity contribution in [3.8, 4) is 0 Å². The molecule has 0 saturated carbocycles. The van der Waals surface area contributed by atoms with Crippen LogP contribution in [-0.4, -0.2) is 34.4 Å². The van der Waals surface area contributed by atoms with Crippen LogP contribution in [-0.2, 0) is 4.79 Å². The molecule has 0 fully saturated rings. The Balaban J connectivity index is 4.04. The fraction of sp³-hybridized carbons (Fsp3) is 0.909. The van der Waals surface area contributed by atoms with Crippen molar-refractivity contribution in [2.45, 2.75) is 58.1 Å². The molecular weight excluding hydrogens is 194 g/mol. The van der Waals surface area contributed by atoms with Gasteiger partial charge in [0.2, 0.25) is 0 Å². The van der Waals surface area contributed by atoms with Crippen LogP contribution in [0.4, 0.5) is 0 Å². The lowest BCUT2D eigenvalue weighted by molar-refractivity contribution is -0.139. The molecule has 90 valence electrons. The molecule has 4 nitrogen and oxygen atoms in total. The van der Waals surface area contributed by atoms with Crippen LogP contribution in [0.1, 0.15) is 46.5 Å². The van der Waals surface area contributed by atoms with E-state index < -0.39 is 12.1 Å². The van der Waals surface area contributed by atoms with Crippen LogP contribution in [0, 0.1) is 0 Å². The number of carboxylic acid groups (broad SMARTS) is 1. The van der Waals surface area contributed by atoms with Gasteiger partial charge in [-0.15, -0.1) is 0 Å². The highest BCUT2D eigenvalue weighted by Crippen LogP contribution is 2.19. The van der Waals surface area contributed by atoms with Crippen LogP contribution in [0.3, 0.4) is 0 Å². The minimum absolute atomic E-state index is 0.0412. The van der Waals surface area contributed by atoms with Crippen molar-refractivity contribution < 1.29 is 15.0 Å². The Kier molecular flexibility index (Phi) is 6.52. The van der Waals surface area contributed by atoms with Crippen LogP contribution in [0.25, 0.3) is 0 Å². The normalized spacial score (nSPS) is 13.9. The number of carbonyl (C=O) groups is 1. The maximum atomic E-state index is 10.4. The van der Waals surface area contributed by atoms with Gasteiger partial charge in [0.25, 0.3) is 0 Å². The molecule has 0 amide bonds. The fourth-order valence-electron chi connectivity index (χ4n) is 1.73. The van der Waals surface area contributed by atoms with E-state index in [-0.39, 0.29) is 12.0 Å². The van der Waals surface area contributed by atoms with Crippen molar-refractivity contribution in [2.24, 2.45) is 0 Å². The second kappa shape index (κ2) is 6.80. The van der Waals surface area contributed by atoms with Gasteiger partial charge in [-0.1, -0.05) is 20.8 Å². The summed E-state index contributed by atoms with van der Waals surface area (Å²) in [5.41, 5.74) is 0.0412. The molecule has 0 aromatic heterocycles. The number of hydrogen-bond acceptors (Lipinski definition) is 3. The molecule has 0 radical (unpaired) electrons. The molecule has 0 aromatic carbocycles. The van der Waals surface area contributed by atoms with Gasteiger partial charge in [0.1, 0.15) is 0 Å². The quantitative estimate of drug-likeness (QED) is 0.574. The molecule has 15 heavy (non-hydrogen) atoms. The zero-order chi connectivity index (χ0) is 11.9. The molecule has 3 N–H and O–H groups in total. The topological polar surface area (TPSA) is 69.6 Å². The smallest absolute Gasteiger partial charge is 0.306 e. The number of aliphatic hydroxyl groups excluding tert-OH is 1. The van der Waals surface area contributed by atoms with Gasteiger partial charge in [-0.05, 0) is 19.3 Å². The fourth-order valence-corrected chi connectivity index (χ4v) is 1.73. The van der Waals surface area contributed by atoms with E-state index in [0.29, 0.717) is 6.54 Å². The molecule has 0 spiro atoms. The van der Waals surface area contributed by atoms with Gasteiger partial charge in [-0.3, -0.25) is 4.79 Å². The minimum Gasteiger partial charge on any atom is -0.481 e. The summed E-state index contributed by atoms with van der Waals surface area (Å²) in [4.78, 5) is 10.4. The van der Waals surface area contributed by atoms with Crippen LogP contribution in [0.2, 0.25) is 0 Å². The predicted octanol–water partition coefficient (Wildman–Crippen LogP) is 1.38. The number of carboxylic acids is 1. The van der Waals surface area contributed by atoms with Crippen LogP contribution in [0.5, 0.6) is 0 Å². The second-order valence-corrected chi connectivity index (χ2v) is 3.97. The van der Waals surface area contributed by atoms with Crippen molar-refractivity contribution >= 4 is 5.97 Å². The van der Waals surface area contributed by atoms with E-state index in [9.17, 15) is 9.90 Å². The minimum atomic E-state index is -0.959. The van der Waals surface area contributed by atoms with Crippen LogP contribution in [0.15, 0.2) is 0 Å². The molecule has 4 heteroatoms. The first-order chi connectivity index (χ1) is 6.99. The molecule has 1 unspecified atom stereocenters. The highest BCUT2D eigenvalue weighted by molar-refractivity contribution is 5.67. The number of β-amino-alcohol motifs (C(OH)–C–C–N with tert-alkyl or cyclic N) is 1. The average Bonchev–Trinajstić information content (AvgIpc) is 2.20. The first-order valence-electron chi connectivity index (χ1n) is 5.64. The lowest BCUT2D eigenvalue weighted by atomic mass is 9.89. The summed E-state index contributed by atoms with van der Waals surface area (Å²) in [6.45, 7) is 6.65. The van der Waals surface area contributed by atoms with Crippen molar-refractivity contribution in [1.82, 2.24) is 5.32 Å². The highest BCUT2D eigenvalue weighted by Gasteiger charge is 2.24. The molecular formula is C11H23NO3. The van der Waals surface area contributed by atoms with Gasteiger partial charge in [0.15, 0.2) is 0 Å². The Morgan fingerprint density at radius 3 is 2.07 bits per heavy atom. The van der Waals surface area contributed by atoms with E-state index in [4.69, 9.17) is 5.11 Å². The second-order valence-electron chi connectivity index (χ2n) is 3.97. The largest absolute Gasteiger partial charge is 0.481 e. The van der Waals surface area contributed by atoms with E-state index in [2.05, 4.69) is 26.1 Å². The first-order valence-corrected chi connectivity index (χ1v) is 5.64. The molecule has 0 heterocycles. The van der Waals surface area contributed by atoms with E-state index >= 15 is 0 Å². The van der Waals surface area contributed by atoms with Gasteiger partial charge in [0, 0.05) is 12.1 Å². The Labute approximate surface area is 91.7 Å². The monoisotopic (exact) mass is 217 g/mol. The summed E-state index contributed by atoms with van der Waals surface area (Å²) in [7, 11) is 0. The number of nitrogens with one attached hydrogen (secondary N) is 1. The molecule has 0 saturated heterocycles. The lowest BCUT2D eigenvalue weighted by Gasteiger charge is -2.32. The summed E-state index contributed by atoms with van der Waals surface area (Å²) in [6, 6.07) is 0. The molecule has 0 rings (SSSR count). The van der Waals surface area contributed by atoms with Gasteiger partial charge in [0.05, 0.1) is 12.5 Å². The molecule has 0 aliphatic carbocycles. The third-order valence-corrected chi connectivity index (χ3v) is 3.15. The molecule has 0 aliphatic heterocycles. The van der Waals surface area contributed by atoms with Gasteiger partial charge in [-0.2, -0.15) is 0 Å². The molecule has 0 aromatic rings. The van der Waals surface area contributed by atoms with E-state index in [1.165, 1.54) is 0 Å². The lowest BCUT2D eigenvalue weighted by Crippen LogP contribution is -2.47. The highest BCUT2D eigenvalue weighted by atomic mass is 16.4. The molecule has 0 aliphatic rings. The van der Waals surface area contributed by atoms with Crippen molar-refractivity contribution in [3.63, 3.8) is 0 Å². The van der Waals surface area contributed by atoms with Gasteiger partial charge < -0.3 is 15.5 Å². The van der Waals surface area contributed by atoms with Crippen molar-refractivity contribution in [2.75, 3.05) is 6.54 Å². The Bertz CT molecular complexity index is 182. The van der Waals surface area contributed by atoms with Crippen molar-refractivity contribution in [1.29, 1.82) is 0 Å². The predicted molar refractivity (Wildman–Crippen MR) is 59.9 cm³/mol. The maximum absolute atomic E-state index is 10.4. The van der Waals surface area contributed by atoms with Crippen molar-refractivity contribution in [3.05, 3.63) is 0 Å². The summed E-state index contributed by atoms with van der Waals surface area (Å²) in [5, 5.41) is 21.2. The van der Waals surface area contributed by atoms with Gasteiger partial charge >= 0.3 is 5.97 Å². The Morgan fingerprint density at radius 2 is 1.73 bits per heavy atom. The zero-order valence-corrected chi connectivity index (χ0v) is 9.92. The number of rotatable bonds is 8. The number of aliphatic carboxylic acids is 1. The Morgan fingerprint density at radius 1 is 1.27 bits per heavy atom. The van der Waals surface area contributed by atoms with E-state index in [0.717, 1.165) is 19.3 Å². The number of hydrogen-bond donors (Lipinski definition) is 3. The third-order valence-electron chi connectivity index (χ3n) is 3.15. The summed E-state index contributed by atoms with van der Waals surface area (Å²) in [6.07, 6.45) is 1.96. The summed E-state index contributed by atoms with van der Waals surface area (Å²) in [5.74, 6) is -0.959. The van der Waals surface area contributed by atoms with E-state index in [1.807, 2.05) is 0 Å². The average molecular weight is 217 g/mol. The SMILES string of the molecule is CCC(CC)(CC)NCC(O)CC(=O)O. The van der Waals surface area contributed by atoms with Gasteiger partial charge in [-0.25, -0.2) is 0 Å². The maximum Gasteiger partial charge on any atom is 0.306 e. The summed E-state index contributed by atoms with van der Waals surface area (Å²) < 4.78 is 0. The van der Waals surface area contributed by atoms with Crippen LogP contribution < -0.4 is 5.32 Å². The van der Waals surface area contributed by atoms with E-state index in [1.54, 1.807) is 0 Å². The zero-order valence-electron chi connectivity index (χ0n) is 9.92. The summed E-state index contributed by atoms with van der Waals surface area (Å²) >= 11 is 0. The number of aliphatic hydroxyl groups is 1. The Hall–Kier alpha value is -0.610.